The molecule has 0 aromatic heterocycles. The van der Waals surface area contributed by atoms with Crippen LogP contribution in [-0.2, 0) is 0 Å². The molecule has 1 unspecified atom stereocenters. The van der Waals surface area contributed by atoms with E-state index in [0.29, 0.717) is 19.1 Å². The van der Waals surface area contributed by atoms with Crippen molar-refractivity contribution in [1.82, 2.24) is 0 Å². The maximum absolute atomic E-state index is 5.85. The lowest BCUT2D eigenvalue weighted by atomic mass is 9.96. The van der Waals surface area contributed by atoms with Gasteiger partial charge in [-0.2, -0.15) is 0 Å². The van der Waals surface area contributed by atoms with Gasteiger partial charge in [0.05, 0.1) is 6.61 Å². The Morgan fingerprint density at radius 3 is 2.32 bits per heavy atom. The average molecular weight is 255 g/mol. The second-order valence-electron chi connectivity index (χ2n) is 4.79. The summed E-state index contributed by atoms with van der Waals surface area (Å²) >= 11 is 0. The fourth-order valence-corrected chi connectivity index (χ4v) is 2.10. The van der Waals surface area contributed by atoms with Crippen LogP contribution in [0.5, 0.6) is 5.75 Å². The Labute approximate surface area is 115 Å². The molecule has 0 saturated heterocycles. The van der Waals surface area contributed by atoms with E-state index < -0.39 is 0 Å². The third-order valence-electron chi connectivity index (χ3n) is 3.31. The van der Waals surface area contributed by atoms with Crippen molar-refractivity contribution in [3.05, 3.63) is 65.7 Å². The van der Waals surface area contributed by atoms with Crippen LogP contribution < -0.4 is 10.5 Å². The van der Waals surface area contributed by atoms with Crippen molar-refractivity contribution in [2.24, 2.45) is 5.73 Å². The molecule has 19 heavy (non-hydrogen) atoms. The molecule has 2 N–H and O–H groups in total. The van der Waals surface area contributed by atoms with Crippen molar-refractivity contribution >= 4 is 0 Å². The summed E-state index contributed by atoms with van der Waals surface area (Å²) in [6.07, 6.45) is 0.939. The van der Waals surface area contributed by atoms with Gasteiger partial charge in [-0.1, -0.05) is 48.0 Å². The van der Waals surface area contributed by atoms with Gasteiger partial charge in [0.2, 0.25) is 0 Å². The van der Waals surface area contributed by atoms with E-state index in [2.05, 4.69) is 43.3 Å². The Morgan fingerprint density at radius 2 is 1.68 bits per heavy atom. The predicted molar refractivity (Wildman–Crippen MR) is 79.5 cm³/mol. The molecule has 0 bridgehead atoms. The van der Waals surface area contributed by atoms with Crippen molar-refractivity contribution in [2.75, 3.05) is 13.2 Å². The second kappa shape index (κ2) is 6.95. The minimum atomic E-state index is 0.367. The second-order valence-corrected chi connectivity index (χ2v) is 4.79. The van der Waals surface area contributed by atoms with E-state index in [1.165, 1.54) is 11.1 Å². The molecule has 0 spiro atoms. The van der Waals surface area contributed by atoms with Crippen molar-refractivity contribution in [1.29, 1.82) is 0 Å². The van der Waals surface area contributed by atoms with Crippen LogP contribution >= 0.6 is 0 Å². The number of rotatable bonds is 6. The normalized spacial score (nSPS) is 12.1. The molecule has 0 saturated carbocycles. The highest BCUT2D eigenvalue weighted by Gasteiger charge is 2.09. The molecule has 2 rings (SSSR count). The van der Waals surface area contributed by atoms with E-state index in [9.17, 15) is 0 Å². The molecule has 0 radical (unpaired) electrons. The zero-order valence-corrected chi connectivity index (χ0v) is 11.4. The molecule has 0 aliphatic rings. The third kappa shape index (κ3) is 4.11. The first-order valence-corrected chi connectivity index (χ1v) is 6.74. The van der Waals surface area contributed by atoms with Crippen LogP contribution in [0.25, 0.3) is 0 Å². The highest BCUT2D eigenvalue weighted by atomic mass is 16.5. The summed E-state index contributed by atoms with van der Waals surface area (Å²) in [7, 11) is 0. The van der Waals surface area contributed by atoms with Crippen LogP contribution in [0.15, 0.2) is 54.6 Å². The van der Waals surface area contributed by atoms with Crippen molar-refractivity contribution in [2.45, 2.75) is 19.3 Å². The van der Waals surface area contributed by atoms with Gasteiger partial charge in [-0.05, 0) is 43.5 Å². The fourth-order valence-electron chi connectivity index (χ4n) is 2.10. The predicted octanol–water partition coefficient (Wildman–Crippen LogP) is 3.51. The molecule has 0 aliphatic heterocycles. The summed E-state index contributed by atoms with van der Waals surface area (Å²) in [4.78, 5) is 0. The van der Waals surface area contributed by atoms with Crippen molar-refractivity contribution < 1.29 is 4.74 Å². The van der Waals surface area contributed by atoms with E-state index in [1.54, 1.807) is 0 Å². The van der Waals surface area contributed by atoms with Crippen LogP contribution in [0.3, 0.4) is 0 Å². The zero-order chi connectivity index (χ0) is 13.5. The first-order valence-electron chi connectivity index (χ1n) is 6.74. The number of nitrogens with two attached hydrogens (primary N) is 1. The molecule has 0 heterocycles. The molecule has 2 nitrogen and oxygen atoms in total. The Hall–Kier alpha value is -1.80. The lowest BCUT2D eigenvalue weighted by Crippen LogP contribution is -2.15. The summed E-state index contributed by atoms with van der Waals surface area (Å²) in [5.74, 6) is 1.29. The van der Waals surface area contributed by atoms with Crippen LogP contribution in [0.1, 0.15) is 23.5 Å². The minimum Gasteiger partial charge on any atom is -0.494 e. The van der Waals surface area contributed by atoms with E-state index in [1.807, 2.05) is 18.2 Å². The lowest BCUT2D eigenvalue weighted by Gasteiger charge is -2.15. The first-order chi connectivity index (χ1) is 9.29. The summed E-state index contributed by atoms with van der Waals surface area (Å²) < 4.78 is 5.76. The highest BCUT2D eigenvalue weighted by Crippen LogP contribution is 2.19. The molecule has 0 aliphatic carbocycles. The van der Waals surface area contributed by atoms with Gasteiger partial charge in [-0.25, -0.2) is 0 Å². The van der Waals surface area contributed by atoms with Gasteiger partial charge < -0.3 is 10.5 Å². The molecule has 2 heteroatoms. The minimum absolute atomic E-state index is 0.367. The topological polar surface area (TPSA) is 35.2 Å². The van der Waals surface area contributed by atoms with E-state index >= 15 is 0 Å². The van der Waals surface area contributed by atoms with Crippen LogP contribution in [-0.4, -0.2) is 13.2 Å². The summed E-state index contributed by atoms with van der Waals surface area (Å²) in [6.45, 7) is 3.42. The van der Waals surface area contributed by atoms with E-state index in [4.69, 9.17) is 10.5 Å². The maximum Gasteiger partial charge on any atom is 0.119 e. The molecular formula is C17H21NO. The quantitative estimate of drug-likeness (QED) is 0.857. The van der Waals surface area contributed by atoms with Gasteiger partial charge in [-0.3, -0.25) is 0 Å². The number of aryl methyl sites for hydroxylation is 1. The molecule has 2 aromatic rings. The van der Waals surface area contributed by atoms with Crippen molar-refractivity contribution in [3.8, 4) is 5.75 Å². The van der Waals surface area contributed by atoms with E-state index in [-0.39, 0.29) is 0 Å². The number of hydrogen-bond acceptors (Lipinski definition) is 2. The standard InChI is InChI=1S/C17H21NO/c1-14-7-9-17(10-8-14)19-12-11-16(13-18)15-5-3-2-4-6-15/h2-10,16H,11-13,18H2,1H3. The average Bonchev–Trinajstić information content (AvgIpc) is 2.46. The highest BCUT2D eigenvalue weighted by molar-refractivity contribution is 5.26. The summed E-state index contributed by atoms with van der Waals surface area (Å²) in [6, 6.07) is 18.5. The fraction of sp³-hybridized carbons (Fsp3) is 0.294. The SMILES string of the molecule is Cc1ccc(OCCC(CN)c2ccccc2)cc1. The van der Waals surface area contributed by atoms with Crippen LogP contribution in [0, 0.1) is 6.92 Å². The van der Waals surface area contributed by atoms with E-state index in [0.717, 1.165) is 12.2 Å². The molecule has 1 atom stereocenters. The smallest absolute Gasteiger partial charge is 0.119 e. The Morgan fingerprint density at radius 1 is 1.00 bits per heavy atom. The zero-order valence-electron chi connectivity index (χ0n) is 11.4. The number of hydrogen-bond donors (Lipinski definition) is 1. The lowest BCUT2D eigenvalue weighted by molar-refractivity contribution is 0.298. The molecule has 100 valence electrons. The monoisotopic (exact) mass is 255 g/mol. The Kier molecular flexibility index (Phi) is 4.99. The summed E-state index contributed by atoms with van der Waals surface area (Å²) in [5, 5.41) is 0. The summed E-state index contributed by atoms with van der Waals surface area (Å²) in [5.41, 5.74) is 8.38. The number of ether oxygens (including phenoxy) is 1. The van der Waals surface area contributed by atoms with Gasteiger partial charge in [0.1, 0.15) is 5.75 Å². The van der Waals surface area contributed by atoms with Gasteiger partial charge in [0.15, 0.2) is 0 Å². The first kappa shape index (κ1) is 13.6. The van der Waals surface area contributed by atoms with Crippen molar-refractivity contribution in [3.63, 3.8) is 0 Å². The van der Waals surface area contributed by atoms with Gasteiger partial charge >= 0.3 is 0 Å². The Balaban J connectivity index is 1.85. The van der Waals surface area contributed by atoms with Crippen LogP contribution in [0.2, 0.25) is 0 Å². The molecule has 2 aromatic carbocycles. The van der Waals surface area contributed by atoms with Gasteiger partial charge in [0, 0.05) is 0 Å². The Bertz CT molecular complexity index is 478. The molecular weight excluding hydrogens is 234 g/mol. The van der Waals surface area contributed by atoms with Gasteiger partial charge in [0.25, 0.3) is 0 Å². The van der Waals surface area contributed by atoms with Crippen LogP contribution in [0.4, 0.5) is 0 Å². The molecule has 0 fully saturated rings. The maximum atomic E-state index is 5.85. The third-order valence-corrected chi connectivity index (χ3v) is 3.31. The largest absolute Gasteiger partial charge is 0.494 e. The number of benzene rings is 2. The molecule has 0 amide bonds. The van der Waals surface area contributed by atoms with Gasteiger partial charge in [-0.15, -0.1) is 0 Å².